The Bertz CT molecular complexity index is 344. The number of amides is 2. The Hall–Kier alpha value is -0.910. The molecule has 1 aliphatic rings. The molecule has 1 fully saturated rings. The van der Waals surface area contributed by atoms with E-state index in [4.69, 9.17) is 5.11 Å². The number of aliphatic carboxylic acids is 1. The minimum Gasteiger partial charge on any atom is -0.481 e. The van der Waals surface area contributed by atoms with Crippen molar-refractivity contribution in [2.45, 2.75) is 56.6 Å². The molecule has 0 spiro atoms. The standard InChI is InChI=1S/C15H28N2O3S/c1-3-12(9-13(18)19)10-16-14(20)17-11-15(21-2)7-5-4-6-8-15/h12H,3-11H2,1-2H3,(H,18,19)(H2,16,17,20). The molecule has 3 N–H and O–H groups in total. The van der Waals surface area contributed by atoms with E-state index < -0.39 is 5.97 Å². The third-order valence-electron chi connectivity index (χ3n) is 4.36. The summed E-state index contributed by atoms with van der Waals surface area (Å²) in [7, 11) is 0. The van der Waals surface area contributed by atoms with E-state index in [1.165, 1.54) is 19.3 Å². The molecule has 122 valence electrons. The van der Waals surface area contributed by atoms with Gasteiger partial charge in [-0.15, -0.1) is 0 Å². The fraction of sp³-hybridized carbons (Fsp3) is 0.867. The van der Waals surface area contributed by atoms with E-state index in [-0.39, 0.29) is 23.1 Å². The molecule has 0 aromatic rings. The molecule has 1 atom stereocenters. The van der Waals surface area contributed by atoms with E-state index in [1.54, 1.807) is 0 Å². The number of carbonyl (C=O) groups is 2. The Balaban J connectivity index is 2.31. The molecule has 2 amide bonds. The summed E-state index contributed by atoms with van der Waals surface area (Å²) < 4.78 is 0.181. The van der Waals surface area contributed by atoms with Crippen LogP contribution in [0.2, 0.25) is 0 Å². The Morgan fingerprint density at radius 3 is 2.43 bits per heavy atom. The maximum Gasteiger partial charge on any atom is 0.314 e. The van der Waals surface area contributed by atoms with Gasteiger partial charge in [0.05, 0.1) is 0 Å². The van der Waals surface area contributed by atoms with Gasteiger partial charge in [-0.1, -0.05) is 32.6 Å². The summed E-state index contributed by atoms with van der Waals surface area (Å²) in [6, 6.07) is -0.183. The summed E-state index contributed by atoms with van der Waals surface area (Å²) in [5, 5.41) is 14.5. The van der Waals surface area contributed by atoms with Crippen molar-refractivity contribution in [1.82, 2.24) is 10.6 Å². The third kappa shape index (κ3) is 6.59. The lowest BCUT2D eigenvalue weighted by molar-refractivity contribution is -0.138. The molecule has 6 heteroatoms. The average molecular weight is 316 g/mol. The number of hydrogen-bond acceptors (Lipinski definition) is 3. The molecule has 0 aromatic heterocycles. The maximum absolute atomic E-state index is 11.9. The van der Waals surface area contributed by atoms with Crippen LogP contribution >= 0.6 is 11.8 Å². The van der Waals surface area contributed by atoms with E-state index in [0.29, 0.717) is 13.1 Å². The molecule has 1 aliphatic carbocycles. The van der Waals surface area contributed by atoms with Gasteiger partial charge >= 0.3 is 12.0 Å². The van der Waals surface area contributed by atoms with E-state index in [9.17, 15) is 9.59 Å². The molecule has 0 heterocycles. The maximum atomic E-state index is 11.9. The number of carbonyl (C=O) groups excluding carboxylic acids is 1. The van der Waals surface area contributed by atoms with Gasteiger partial charge in [0.15, 0.2) is 0 Å². The van der Waals surface area contributed by atoms with Crippen LogP contribution in [0.25, 0.3) is 0 Å². The zero-order chi connectivity index (χ0) is 15.7. The normalized spacial score (nSPS) is 18.8. The van der Waals surface area contributed by atoms with Crippen LogP contribution in [0, 0.1) is 5.92 Å². The SMILES string of the molecule is CCC(CNC(=O)NCC1(SC)CCCCC1)CC(=O)O. The van der Waals surface area contributed by atoms with Gasteiger partial charge in [-0.05, 0) is 25.0 Å². The summed E-state index contributed by atoms with van der Waals surface area (Å²) in [5.74, 6) is -0.815. The number of nitrogens with one attached hydrogen (secondary N) is 2. The number of carboxylic acid groups (broad SMARTS) is 1. The van der Waals surface area contributed by atoms with E-state index in [1.807, 2.05) is 18.7 Å². The molecular formula is C15H28N2O3S. The van der Waals surface area contributed by atoms with Gasteiger partial charge < -0.3 is 15.7 Å². The highest BCUT2D eigenvalue weighted by Crippen LogP contribution is 2.37. The van der Waals surface area contributed by atoms with Gasteiger partial charge in [0, 0.05) is 24.3 Å². The lowest BCUT2D eigenvalue weighted by Crippen LogP contribution is -2.46. The number of carboxylic acids is 1. The highest BCUT2D eigenvalue weighted by molar-refractivity contribution is 8.00. The molecule has 0 radical (unpaired) electrons. The number of rotatable bonds is 8. The van der Waals surface area contributed by atoms with E-state index in [2.05, 4.69) is 16.9 Å². The van der Waals surface area contributed by atoms with Gasteiger partial charge in [-0.3, -0.25) is 4.79 Å². The fourth-order valence-electron chi connectivity index (χ4n) is 2.80. The first-order valence-electron chi connectivity index (χ1n) is 7.80. The van der Waals surface area contributed by atoms with Crippen molar-refractivity contribution in [3.8, 4) is 0 Å². The van der Waals surface area contributed by atoms with Crippen molar-refractivity contribution in [2.24, 2.45) is 5.92 Å². The summed E-state index contributed by atoms with van der Waals surface area (Å²) in [4.78, 5) is 22.6. The fourth-order valence-corrected chi connectivity index (χ4v) is 3.71. The second-order valence-corrected chi connectivity index (χ2v) is 7.16. The van der Waals surface area contributed by atoms with E-state index >= 15 is 0 Å². The second kappa shape index (κ2) is 9.18. The van der Waals surface area contributed by atoms with Crippen molar-refractivity contribution in [2.75, 3.05) is 19.3 Å². The van der Waals surface area contributed by atoms with Gasteiger partial charge in [0.2, 0.25) is 0 Å². The number of hydrogen-bond donors (Lipinski definition) is 3. The number of thioether (sulfide) groups is 1. The Morgan fingerprint density at radius 1 is 1.24 bits per heavy atom. The largest absolute Gasteiger partial charge is 0.481 e. The van der Waals surface area contributed by atoms with Gasteiger partial charge in [-0.2, -0.15) is 11.8 Å². The smallest absolute Gasteiger partial charge is 0.314 e. The highest BCUT2D eigenvalue weighted by Gasteiger charge is 2.31. The summed E-state index contributed by atoms with van der Waals surface area (Å²) in [6.07, 6.45) is 9.05. The summed E-state index contributed by atoms with van der Waals surface area (Å²) in [6.45, 7) is 3.05. The molecule has 0 aliphatic heterocycles. The Labute approximate surface area is 131 Å². The molecule has 0 saturated heterocycles. The van der Waals surface area contributed by atoms with Crippen LogP contribution in [0.5, 0.6) is 0 Å². The summed E-state index contributed by atoms with van der Waals surface area (Å²) >= 11 is 1.85. The van der Waals surface area contributed by atoms with Crippen LogP contribution < -0.4 is 10.6 Å². The number of urea groups is 1. The van der Waals surface area contributed by atoms with Gasteiger partial charge in [0.25, 0.3) is 0 Å². The Morgan fingerprint density at radius 2 is 1.90 bits per heavy atom. The minimum absolute atomic E-state index is 0.00237. The minimum atomic E-state index is -0.812. The predicted octanol–water partition coefficient (Wildman–Crippen LogP) is 2.85. The van der Waals surface area contributed by atoms with Gasteiger partial charge in [-0.25, -0.2) is 4.79 Å². The molecule has 5 nitrogen and oxygen atoms in total. The lowest BCUT2D eigenvalue weighted by atomic mass is 9.88. The average Bonchev–Trinajstić information content (AvgIpc) is 2.50. The monoisotopic (exact) mass is 316 g/mol. The van der Waals surface area contributed by atoms with Crippen LogP contribution in [0.3, 0.4) is 0 Å². The van der Waals surface area contributed by atoms with Crippen molar-refractivity contribution >= 4 is 23.8 Å². The first-order chi connectivity index (χ1) is 10.0. The molecule has 1 saturated carbocycles. The molecule has 0 aromatic carbocycles. The van der Waals surface area contributed by atoms with E-state index in [0.717, 1.165) is 19.3 Å². The Kier molecular flexibility index (Phi) is 7.93. The highest BCUT2D eigenvalue weighted by atomic mass is 32.2. The molecule has 1 unspecified atom stereocenters. The molecular weight excluding hydrogens is 288 g/mol. The first kappa shape index (κ1) is 18.1. The van der Waals surface area contributed by atoms with Crippen LogP contribution in [0.15, 0.2) is 0 Å². The van der Waals surface area contributed by atoms with Crippen molar-refractivity contribution in [3.63, 3.8) is 0 Å². The zero-order valence-electron chi connectivity index (χ0n) is 13.1. The molecule has 0 bridgehead atoms. The lowest BCUT2D eigenvalue weighted by Gasteiger charge is -2.35. The predicted molar refractivity (Wildman–Crippen MR) is 86.8 cm³/mol. The van der Waals surface area contributed by atoms with Crippen LogP contribution in [-0.2, 0) is 4.79 Å². The molecule has 1 rings (SSSR count). The topological polar surface area (TPSA) is 78.4 Å². The van der Waals surface area contributed by atoms with Gasteiger partial charge in [0.1, 0.15) is 0 Å². The molecule has 21 heavy (non-hydrogen) atoms. The summed E-state index contributed by atoms with van der Waals surface area (Å²) in [5.41, 5.74) is 0. The van der Waals surface area contributed by atoms with Crippen LogP contribution in [-0.4, -0.2) is 41.2 Å². The van der Waals surface area contributed by atoms with Crippen LogP contribution in [0.4, 0.5) is 4.79 Å². The first-order valence-corrected chi connectivity index (χ1v) is 9.02. The van der Waals surface area contributed by atoms with Crippen molar-refractivity contribution < 1.29 is 14.7 Å². The third-order valence-corrected chi connectivity index (χ3v) is 5.78. The van der Waals surface area contributed by atoms with Crippen molar-refractivity contribution in [1.29, 1.82) is 0 Å². The second-order valence-electron chi connectivity index (χ2n) is 5.88. The van der Waals surface area contributed by atoms with Crippen LogP contribution in [0.1, 0.15) is 51.9 Å². The zero-order valence-corrected chi connectivity index (χ0v) is 13.9. The van der Waals surface area contributed by atoms with Crippen molar-refractivity contribution in [3.05, 3.63) is 0 Å². The quantitative estimate of drug-likeness (QED) is 0.643.